The van der Waals surface area contributed by atoms with Gasteiger partial charge in [0.2, 0.25) is 0 Å². The van der Waals surface area contributed by atoms with Gasteiger partial charge in [-0.15, -0.1) is 0 Å². The van der Waals surface area contributed by atoms with E-state index >= 15 is 0 Å². The van der Waals surface area contributed by atoms with Crippen molar-refractivity contribution in [2.45, 2.75) is 13.8 Å². The molecule has 4 nitrogen and oxygen atoms in total. The Bertz CT molecular complexity index is 551. The summed E-state index contributed by atoms with van der Waals surface area (Å²) in [6.45, 7) is 4.52. The van der Waals surface area contributed by atoms with Gasteiger partial charge in [0.25, 0.3) is 5.19 Å². The Morgan fingerprint density at radius 2 is 1.95 bits per heavy atom. The second-order valence-corrected chi connectivity index (χ2v) is 4.64. The van der Waals surface area contributed by atoms with Crippen molar-refractivity contribution in [3.05, 3.63) is 35.2 Å². The minimum Gasteiger partial charge on any atom is -0.470 e. The Morgan fingerprint density at radius 3 is 2.58 bits per heavy atom. The van der Waals surface area contributed by atoms with Crippen LogP contribution in [0.4, 0.5) is 0 Å². The van der Waals surface area contributed by atoms with Crippen LogP contribution in [-0.2, 0) is 4.74 Å². The van der Waals surface area contributed by atoms with Crippen LogP contribution in [0.3, 0.4) is 0 Å². The molecule has 0 atom stereocenters. The van der Waals surface area contributed by atoms with E-state index in [9.17, 15) is 4.79 Å². The molecule has 0 saturated carbocycles. The van der Waals surface area contributed by atoms with E-state index < -0.39 is 0 Å². The van der Waals surface area contributed by atoms with Gasteiger partial charge in [-0.1, -0.05) is 41.7 Å². The molecular weight excluding hydrogens is 262 g/mol. The van der Waals surface area contributed by atoms with E-state index in [4.69, 9.17) is 9.47 Å². The first-order chi connectivity index (χ1) is 9.26. The lowest BCUT2D eigenvalue weighted by Gasteiger charge is -2.01. The molecule has 100 valence electrons. The van der Waals surface area contributed by atoms with Gasteiger partial charge in [0.15, 0.2) is 0 Å². The Labute approximate surface area is 116 Å². The van der Waals surface area contributed by atoms with E-state index in [1.54, 1.807) is 6.92 Å². The van der Waals surface area contributed by atoms with Crippen molar-refractivity contribution in [1.29, 1.82) is 0 Å². The van der Waals surface area contributed by atoms with Crippen LogP contribution in [0.1, 0.15) is 23.5 Å². The number of hydrogen-bond acceptors (Lipinski definition) is 5. The van der Waals surface area contributed by atoms with E-state index in [0.717, 1.165) is 5.56 Å². The molecule has 0 aliphatic heterocycles. The van der Waals surface area contributed by atoms with E-state index in [1.165, 1.54) is 11.3 Å². The average Bonchev–Trinajstić information content (AvgIpc) is 2.85. The number of ether oxygens (including phenoxy) is 2. The second kappa shape index (κ2) is 6.33. The first-order valence-corrected chi connectivity index (χ1v) is 6.94. The molecule has 0 bridgehead atoms. The Kier molecular flexibility index (Phi) is 4.52. The molecule has 1 aromatic carbocycles. The summed E-state index contributed by atoms with van der Waals surface area (Å²) in [6, 6.07) is 9.55. The standard InChI is InChI=1S/C14H15NO3S/c1-3-17-13(16)12-11(10-8-6-5-7-9-10)15-14(19-12)18-4-2/h5-9H,3-4H2,1-2H3. The fourth-order valence-electron chi connectivity index (χ4n) is 1.61. The summed E-state index contributed by atoms with van der Waals surface area (Å²) in [7, 11) is 0. The van der Waals surface area contributed by atoms with Crippen molar-refractivity contribution < 1.29 is 14.3 Å². The number of thiazole rings is 1. The highest BCUT2D eigenvalue weighted by atomic mass is 32.1. The number of esters is 1. The molecular formula is C14H15NO3S. The summed E-state index contributed by atoms with van der Waals surface area (Å²) in [5.41, 5.74) is 1.50. The summed E-state index contributed by atoms with van der Waals surface area (Å²) in [5, 5.41) is 0.490. The largest absolute Gasteiger partial charge is 0.470 e. The zero-order chi connectivity index (χ0) is 13.7. The van der Waals surface area contributed by atoms with Gasteiger partial charge in [0.05, 0.1) is 18.9 Å². The third-order valence-corrected chi connectivity index (χ3v) is 3.33. The van der Waals surface area contributed by atoms with E-state index in [2.05, 4.69) is 4.98 Å². The summed E-state index contributed by atoms with van der Waals surface area (Å²) < 4.78 is 10.4. The molecule has 0 saturated heterocycles. The van der Waals surface area contributed by atoms with E-state index in [1.807, 2.05) is 37.3 Å². The van der Waals surface area contributed by atoms with Gasteiger partial charge in [0.1, 0.15) is 4.88 Å². The molecule has 2 aromatic rings. The van der Waals surface area contributed by atoms with Crippen molar-refractivity contribution in [2.75, 3.05) is 13.2 Å². The van der Waals surface area contributed by atoms with Gasteiger partial charge < -0.3 is 9.47 Å². The molecule has 2 rings (SSSR count). The van der Waals surface area contributed by atoms with Crippen molar-refractivity contribution in [3.8, 4) is 16.5 Å². The van der Waals surface area contributed by atoms with E-state index in [0.29, 0.717) is 29.0 Å². The fourth-order valence-corrected chi connectivity index (χ4v) is 2.50. The highest BCUT2D eigenvalue weighted by Crippen LogP contribution is 2.33. The first-order valence-electron chi connectivity index (χ1n) is 6.12. The number of nitrogens with zero attached hydrogens (tertiary/aromatic N) is 1. The van der Waals surface area contributed by atoms with Gasteiger partial charge in [-0.05, 0) is 13.8 Å². The lowest BCUT2D eigenvalue weighted by atomic mass is 10.1. The predicted molar refractivity (Wildman–Crippen MR) is 74.7 cm³/mol. The van der Waals surface area contributed by atoms with Crippen LogP contribution in [0.5, 0.6) is 5.19 Å². The zero-order valence-corrected chi connectivity index (χ0v) is 11.7. The van der Waals surface area contributed by atoms with Crippen LogP contribution in [0.15, 0.2) is 30.3 Å². The highest BCUT2D eigenvalue weighted by Gasteiger charge is 2.21. The molecule has 0 amide bonds. The Hall–Kier alpha value is -1.88. The zero-order valence-electron chi connectivity index (χ0n) is 10.9. The molecule has 0 N–H and O–H groups in total. The molecule has 0 aliphatic carbocycles. The van der Waals surface area contributed by atoms with Crippen LogP contribution in [0, 0.1) is 0 Å². The second-order valence-electron chi connectivity index (χ2n) is 3.68. The maximum Gasteiger partial charge on any atom is 0.350 e. The quantitative estimate of drug-likeness (QED) is 0.786. The average molecular weight is 277 g/mol. The van der Waals surface area contributed by atoms with Crippen molar-refractivity contribution >= 4 is 17.3 Å². The number of carbonyl (C=O) groups excluding carboxylic acids is 1. The maximum absolute atomic E-state index is 11.9. The van der Waals surface area contributed by atoms with Crippen LogP contribution < -0.4 is 4.74 Å². The Morgan fingerprint density at radius 1 is 1.21 bits per heavy atom. The molecule has 5 heteroatoms. The normalized spacial score (nSPS) is 10.2. The smallest absolute Gasteiger partial charge is 0.350 e. The number of hydrogen-bond donors (Lipinski definition) is 0. The molecule has 19 heavy (non-hydrogen) atoms. The van der Waals surface area contributed by atoms with Gasteiger partial charge in [-0.3, -0.25) is 0 Å². The number of carbonyl (C=O) groups is 1. The maximum atomic E-state index is 11.9. The van der Waals surface area contributed by atoms with Crippen LogP contribution in [0.2, 0.25) is 0 Å². The lowest BCUT2D eigenvalue weighted by Crippen LogP contribution is -2.03. The number of aromatic nitrogens is 1. The van der Waals surface area contributed by atoms with Crippen LogP contribution in [-0.4, -0.2) is 24.2 Å². The third-order valence-electron chi connectivity index (χ3n) is 2.38. The van der Waals surface area contributed by atoms with Gasteiger partial charge in [0, 0.05) is 5.56 Å². The summed E-state index contributed by atoms with van der Waals surface area (Å²) >= 11 is 1.22. The summed E-state index contributed by atoms with van der Waals surface area (Å²) in [5.74, 6) is -0.357. The van der Waals surface area contributed by atoms with Crippen LogP contribution >= 0.6 is 11.3 Å². The molecule has 0 aliphatic rings. The van der Waals surface area contributed by atoms with Crippen molar-refractivity contribution in [3.63, 3.8) is 0 Å². The number of benzene rings is 1. The molecule has 0 unspecified atom stereocenters. The van der Waals surface area contributed by atoms with Gasteiger partial charge in [-0.25, -0.2) is 9.78 Å². The molecule has 0 spiro atoms. The lowest BCUT2D eigenvalue weighted by molar-refractivity contribution is 0.0532. The number of rotatable bonds is 5. The van der Waals surface area contributed by atoms with E-state index in [-0.39, 0.29) is 5.97 Å². The molecule has 1 aromatic heterocycles. The molecule has 0 radical (unpaired) electrons. The summed E-state index contributed by atoms with van der Waals surface area (Å²) in [6.07, 6.45) is 0. The molecule has 1 heterocycles. The third kappa shape index (κ3) is 3.12. The first kappa shape index (κ1) is 13.5. The summed E-state index contributed by atoms with van der Waals surface area (Å²) in [4.78, 5) is 16.8. The minimum atomic E-state index is -0.357. The topological polar surface area (TPSA) is 48.4 Å². The van der Waals surface area contributed by atoms with Crippen LogP contribution in [0.25, 0.3) is 11.3 Å². The van der Waals surface area contributed by atoms with Gasteiger partial charge in [-0.2, -0.15) is 0 Å². The molecule has 0 fully saturated rings. The monoisotopic (exact) mass is 277 g/mol. The van der Waals surface area contributed by atoms with Gasteiger partial charge >= 0.3 is 5.97 Å². The van der Waals surface area contributed by atoms with Crippen molar-refractivity contribution in [2.24, 2.45) is 0 Å². The highest BCUT2D eigenvalue weighted by molar-refractivity contribution is 7.15. The predicted octanol–water partition coefficient (Wildman–Crippen LogP) is 3.39. The fraction of sp³-hybridized carbons (Fsp3) is 0.286. The minimum absolute atomic E-state index is 0.342. The Balaban J connectivity index is 2.42. The SMILES string of the molecule is CCOC(=O)c1sc(OCC)nc1-c1ccccc1. The van der Waals surface area contributed by atoms with Crippen molar-refractivity contribution in [1.82, 2.24) is 4.98 Å².